The maximum atomic E-state index is 8.93. The summed E-state index contributed by atoms with van der Waals surface area (Å²) in [4.78, 5) is 1.29. The van der Waals surface area contributed by atoms with E-state index in [1.165, 1.54) is 4.88 Å². The molecule has 0 aliphatic carbocycles. The Labute approximate surface area is 88.4 Å². The van der Waals surface area contributed by atoms with E-state index in [2.05, 4.69) is 19.9 Å². The molecule has 0 spiro atoms. The Bertz CT molecular complexity index is 257. The minimum absolute atomic E-state index is 0.248. The lowest BCUT2D eigenvalue weighted by Gasteiger charge is -2.17. The van der Waals surface area contributed by atoms with Gasteiger partial charge >= 0.3 is 0 Å². The third-order valence-electron chi connectivity index (χ3n) is 2.20. The fraction of sp³-hybridized carbons (Fsp3) is 0.600. The van der Waals surface area contributed by atoms with Crippen LogP contribution in [0.4, 0.5) is 0 Å². The zero-order valence-corrected chi connectivity index (χ0v) is 9.53. The van der Waals surface area contributed by atoms with Crippen LogP contribution in [-0.4, -0.2) is 11.7 Å². The summed E-state index contributed by atoms with van der Waals surface area (Å²) in [7, 11) is 0. The molecule has 0 aliphatic rings. The highest BCUT2D eigenvalue weighted by Gasteiger charge is 2.16. The SMILES string of the molecule is CC(C)C(CCO)c1ccc(Cl)s1. The Kier molecular flexibility index (Phi) is 4.23. The molecule has 1 atom stereocenters. The van der Waals surface area contributed by atoms with E-state index in [-0.39, 0.29) is 6.61 Å². The molecule has 0 aromatic carbocycles. The van der Waals surface area contributed by atoms with Gasteiger partial charge in [0.2, 0.25) is 0 Å². The van der Waals surface area contributed by atoms with E-state index in [1.807, 2.05) is 6.07 Å². The Morgan fingerprint density at radius 2 is 2.15 bits per heavy atom. The number of thiophene rings is 1. The molecule has 1 rings (SSSR count). The lowest BCUT2D eigenvalue weighted by molar-refractivity contribution is 0.262. The highest BCUT2D eigenvalue weighted by molar-refractivity contribution is 7.16. The van der Waals surface area contributed by atoms with Crippen molar-refractivity contribution in [3.63, 3.8) is 0 Å². The lowest BCUT2D eigenvalue weighted by Crippen LogP contribution is -2.06. The maximum Gasteiger partial charge on any atom is 0.0931 e. The summed E-state index contributed by atoms with van der Waals surface area (Å²) in [5.41, 5.74) is 0. The molecule has 1 aromatic rings. The van der Waals surface area contributed by atoms with Crippen molar-refractivity contribution in [2.75, 3.05) is 6.61 Å². The zero-order chi connectivity index (χ0) is 9.84. The van der Waals surface area contributed by atoms with Gasteiger partial charge in [-0.25, -0.2) is 0 Å². The summed E-state index contributed by atoms with van der Waals surface area (Å²) in [5.74, 6) is 1.00. The molecule has 1 heterocycles. The predicted molar refractivity (Wildman–Crippen MR) is 58.6 cm³/mol. The molecule has 0 radical (unpaired) electrons. The van der Waals surface area contributed by atoms with Gasteiger partial charge in [0, 0.05) is 11.5 Å². The number of rotatable bonds is 4. The van der Waals surface area contributed by atoms with Crippen molar-refractivity contribution in [3.05, 3.63) is 21.3 Å². The third-order valence-corrected chi connectivity index (χ3v) is 3.57. The Morgan fingerprint density at radius 1 is 1.46 bits per heavy atom. The predicted octanol–water partition coefficient (Wildman–Crippen LogP) is 3.52. The minimum atomic E-state index is 0.248. The second kappa shape index (κ2) is 4.99. The minimum Gasteiger partial charge on any atom is -0.396 e. The highest BCUT2D eigenvalue weighted by atomic mass is 35.5. The smallest absolute Gasteiger partial charge is 0.0931 e. The van der Waals surface area contributed by atoms with E-state index >= 15 is 0 Å². The average Bonchev–Trinajstić information content (AvgIpc) is 2.46. The molecule has 3 heteroatoms. The number of halogens is 1. The molecule has 1 nitrogen and oxygen atoms in total. The van der Waals surface area contributed by atoms with E-state index in [4.69, 9.17) is 16.7 Å². The third kappa shape index (κ3) is 2.97. The molecular weight excluding hydrogens is 204 g/mol. The van der Waals surface area contributed by atoms with Crippen LogP contribution in [0.25, 0.3) is 0 Å². The van der Waals surface area contributed by atoms with Crippen LogP contribution in [0.15, 0.2) is 12.1 Å². The van der Waals surface area contributed by atoms with Crippen LogP contribution in [0.5, 0.6) is 0 Å². The van der Waals surface area contributed by atoms with Crippen molar-refractivity contribution >= 4 is 22.9 Å². The standard InChI is InChI=1S/C10H15ClOS/c1-7(2)8(5-6-12)9-3-4-10(11)13-9/h3-4,7-8,12H,5-6H2,1-2H3. The quantitative estimate of drug-likeness (QED) is 0.820. The largest absolute Gasteiger partial charge is 0.396 e. The van der Waals surface area contributed by atoms with Gasteiger partial charge in [-0.2, -0.15) is 0 Å². The normalized spacial score (nSPS) is 13.6. The molecule has 74 valence electrons. The Balaban J connectivity index is 2.75. The summed E-state index contributed by atoms with van der Waals surface area (Å²) < 4.78 is 0.832. The molecule has 0 aliphatic heterocycles. The summed E-state index contributed by atoms with van der Waals surface area (Å²) in [5, 5.41) is 8.93. The fourth-order valence-corrected chi connectivity index (χ4v) is 2.84. The molecule has 13 heavy (non-hydrogen) atoms. The van der Waals surface area contributed by atoms with Gasteiger partial charge in [-0.3, -0.25) is 0 Å². The molecule has 0 fully saturated rings. The van der Waals surface area contributed by atoms with Crippen molar-refractivity contribution in [2.24, 2.45) is 5.92 Å². The lowest BCUT2D eigenvalue weighted by atomic mass is 9.91. The van der Waals surface area contributed by atoms with Crippen molar-refractivity contribution in [2.45, 2.75) is 26.2 Å². The molecule has 0 bridgehead atoms. The Hall–Kier alpha value is -0.0500. The fourth-order valence-electron chi connectivity index (χ4n) is 1.47. The summed E-state index contributed by atoms with van der Waals surface area (Å²) >= 11 is 7.48. The maximum absolute atomic E-state index is 8.93. The van der Waals surface area contributed by atoms with Crippen LogP contribution >= 0.6 is 22.9 Å². The van der Waals surface area contributed by atoms with Crippen LogP contribution < -0.4 is 0 Å². The van der Waals surface area contributed by atoms with Crippen LogP contribution in [0, 0.1) is 5.92 Å². The van der Waals surface area contributed by atoms with E-state index < -0.39 is 0 Å². The van der Waals surface area contributed by atoms with Crippen LogP contribution in [0.1, 0.15) is 31.1 Å². The Morgan fingerprint density at radius 3 is 2.54 bits per heavy atom. The average molecular weight is 219 g/mol. The van der Waals surface area contributed by atoms with Gasteiger partial charge in [-0.05, 0) is 30.4 Å². The van der Waals surface area contributed by atoms with Gasteiger partial charge in [0.1, 0.15) is 0 Å². The molecule has 1 unspecified atom stereocenters. The number of hydrogen-bond acceptors (Lipinski definition) is 2. The topological polar surface area (TPSA) is 20.2 Å². The van der Waals surface area contributed by atoms with Crippen LogP contribution in [0.2, 0.25) is 4.34 Å². The van der Waals surface area contributed by atoms with Gasteiger partial charge in [0.15, 0.2) is 0 Å². The highest BCUT2D eigenvalue weighted by Crippen LogP contribution is 2.34. The van der Waals surface area contributed by atoms with Crippen LogP contribution in [-0.2, 0) is 0 Å². The first-order valence-corrected chi connectivity index (χ1v) is 5.70. The van der Waals surface area contributed by atoms with Gasteiger partial charge in [-0.15, -0.1) is 11.3 Å². The van der Waals surface area contributed by atoms with Crippen molar-refractivity contribution < 1.29 is 5.11 Å². The monoisotopic (exact) mass is 218 g/mol. The van der Waals surface area contributed by atoms with Crippen LogP contribution in [0.3, 0.4) is 0 Å². The molecule has 0 saturated heterocycles. The molecule has 0 saturated carbocycles. The second-order valence-corrected chi connectivity index (χ2v) is 5.25. The number of aliphatic hydroxyl groups excluding tert-OH is 1. The zero-order valence-electron chi connectivity index (χ0n) is 7.96. The molecule has 0 amide bonds. The molecule has 1 N–H and O–H groups in total. The van der Waals surface area contributed by atoms with E-state index in [9.17, 15) is 0 Å². The first kappa shape index (κ1) is 11.0. The summed E-state index contributed by atoms with van der Waals surface area (Å²) in [6.45, 7) is 4.60. The first-order chi connectivity index (χ1) is 6.15. The van der Waals surface area contributed by atoms with Gasteiger partial charge in [0.25, 0.3) is 0 Å². The van der Waals surface area contributed by atoms with Crippen molar-refractivity contribution in [1.29, 1.82) is 0 Å². The van der Waals surface area contributed by atoms with Crippen molar-refractivity contribution in [3.8, 4) is 0 Å². The molecular formula is C10H15ClOS. The number of aliphatic hydroxyl groups is 1. The van der Waals surface area contributed by atoms with E-state index in [0.717, 1.165) is 10.8 Å². The van der Waals surface area contributed by atoms with E-state index in [0.29, 0.717) is 11.8 Å². The second-order valence-electron chi connectivity index (χ2n) is 3.50. The first-order valence-electron chi connectivity index (χ1n) is 4.51. The van der Waals surface area contributed by atoms with Gasteiger partial charge < -0.3 is 5.11 Å². The van der Waals surface area contributed by atoms with E-state index in [1.54, 1.807) is 11.3 Å². The molecule has 1 aromatic heterocycles. The number of hydrogen-bond donors (Lipinski definition) is 1. The van der Waals surface area contributed by atoms with Gasteiger partial charge in [0.05, 0.1) is 4.34 Å². The van der Waals surface area contributed by atoms with Crippen molar-refractivity contribution in [1.82, 2.24) is 0 Å². The summed E-state index contributed by atoms with van der Waals surface area (Å²) in [6.07, 6.45) is 0.828. The summed E-state index contributed by atoms with van der Waals surface area (Å²) in [6, 6.07) is 3.99. The van der Waals surface area contributed by atoms with Gasteiger partial charge in [-0.1, -0.05) is 25.4 Å².